The van der Waals surface area contributed by atoms with Gasteiger partial charge in [0.1, 0.15) is 0 Å². The van der Waals surface area contributed by atoms with E-state index in [0.717, 1.165) is 42.7 Å². The molecular formula is C21H27N7O2S. The van der Waals surface area contributed by atoms with Gasteiger partial charge in [-0.05, 0) is 30.0 Å². The number of nitrogens with zero attached hydrogens (tertiary/aromatic N) is 4. The number of hydrogen-bond donors (Lipinski definition) is 3. The van der Waals surface area contributed by atoms with Gasteiger partial charge in [-0.2, -0.15) is 4.98 Å². The van der Waals surface area contributed by atoms with E-state index in [-0.39, 0.29) is 6.04 Å². The summed E-state index contributed by atoms with van der Waals surface area (Å²) in [7, 11) is -3.13. The SMILES string of the molecule is CS(=O)(=O)N1CCC(Nc2nc3c(-c4ccccc4)c(C4CNNC4)ccn3n2)CC1. The third-order valence-electron chi connectivity index (χ3n) is 6.12. The van der Waals surface area contributed by atoms with Crippen LogP contribution in [0, 0.1) is 0 Å². The van der Waals surface area contributed by atoms with Crippen LogP contribution < -0.4 is 16.2 Å². The number of aromatic nitrogens is 3. The summed E-state index contributed by atoms with van der Waals surface area (Å²) in [6, 6.07) is 12.6. The molecule has 0 spiro atoms. The summed E-state index contributed by atoms with van der Waals surface area (Å²) < 4.78 is 26.9. The number of hydrazine groups is 1. The van der Waals surface area contributed by atoms with Gasteiger partial charge in [-0.1, -0.05) is 30.3 Å². The van der Waals surface area contributed by atoms with Gasteiger partial charge in [-0.25, -0.2) is 17.2 Å². The number of piperidine rings is 1. The summed E-state index contributed by atoms with van der Waals surface area (Å²) in [5.41, 5.74) is 10.7. The first-order chi connectivity index (χ1) is 15.0. The standard InChI is InChI=1S/C21H27N7O2S/c1-31(29,30)27-10-7-17(8-11-27)24-21-25-20-19(15-5-3-2-4-6-15)18(9-12-28(20)26-21)16-13-22-23-14-16/h2-6,9,12,16-17,22-23H,7-8,10-11,13-14H2,1H3,(H,24,26). The molecule has 31 heavy (non-hydrogen) atoms. The van der Waals surface area contributed by atoms with Gasteiger partial charge in [0.25, 0.3) is 0 Å². The van der Waals surface area contributed by atoms with Crippen LogP contribution in [0.5, 0.6) is 0 Å². The molecule has 2 aliphatic heterocycles. The topological polar surface area (TPSA) is 104 Å². The highest BCUT2D eigenvalue weighted by atomic mass is 32.2. The summed E-state index contributed by atoms with van der Waals surface area (Å²) in [5.74, 6) is 0.934. The molecule has 3 aromatic rings. The first-order valence-corrected chi connectivity index (χ1v) is 12.5. The van der Waals surface area contributed by atoms with Crippen LogP contribution in [0.15, 0.2) is 42.6 Å². The Morgan fingerprint density at radius 3 is 2.45 bits per heavy atom. The van der Waals surface area contributed by atoms with Crippen LogP contribution in [0.2, 0.25) is 0 Å². The number of anilines is 1. The quantitative estimate of drug-likeness (QED) is 0.550. The Morgan fingerprint density at radius 2 is 1.77 bits per heavy atom. The van der Waals surface area contributed by atoms with Gasteiger partial charge in [0.2, 0.25) is 16.0 Å². The maximum Gasteiger partial charge on any atom is 0.243 e. The highest BCUT2D eigenvalue weighted by Crippen LogP contribution is 2.33. The number of nitrogens with one attached hydrogen (secondary N) is 3. The van der Waals surface area contributed by atoms with Crippen molar-refractivity contribution in [1.29, 1.82) is 0 Å². The first-order valence-electron chi connectivity index (χ1n) is 10.6. The molecule has 0 unspecified atom stereocenters. The molecule has 0 amide bonds. The molecule has 4 heterocycles. The Hall–Kier alpha value is -2.53. The molecule has 0 aliphatic carbocycles. The molecule has 0 bridgehead atoms. The van der Waals surface area contributed by atoms with Gasteiger partial charge in [0, 0.05) is 49.9 Å². The van der Waals surface area contributed by atoms with Crippen molar-refractivity contribution in [3.05, 3.63) is 48.2 Å². The van der Waals surface area contributed by atoms with E-state index in [9.17, 15) is 8.42 Å². The van der Waals surface area contributed by atoms with E-state index in [4.69, 9.17) is 4.98 Å². The molecule has 2 saturated heterocycles. The number of benzene rings is 1. The summed E-state index contributed by atoms with van der Waals surface area (Å²) >= 11 is 0. The smallest absolute Gasteiger partial charge is 0.243 e. The fourth-order valence-electron chi connectivity index (χ4n) is 4.46. The van der Waals surface area contributed by atoms with Gasteiger partial charge in [-0.3, -0.25) is 10.9 Å². The average molecular weight is 442 g/mol. The van der Waals surface area contributed by atoms with Crippen molar-refractivity contribution in [2.24, 2.45) is 0 Å². The number of rotatable bonds is 5. The Morgan fingerprint density at radius 1 is 1.06 bits per heavy atom. The monoisotopic (exact) mass is 441 g/mol. The summed E-state index contributed by atoms with van der Waals surface area (Å²) in [5, 5.41) is 8.08. The van der Waals surface area contributed by atoms with Gasteiger partial charge in [0.15, 0.2) is 5.65 Å². The maximum atomic E-state index is 11.8. The van der Waals surface area contributed by atoms with Gasteiger partial charge in [0.05, 0.1) is 6.26 Å². The van der Waals surface area contributed by atoms with Crippen molar-refractivity contribution in [3.63, 3.8) is 0 Å². The van der Waals surface area contributed by atoms with Crippen LogP contribution in [0.1, 0.15) is 24.3 Å². The molecule has 3 N–H and O–H groups in total. The van der Waals surface area contributed by atoms with Crippen molar-refractivity contribution in [3.8, 4) is 11.1 Å². The fraction of sp³-hybridized carbons (Fsp3) is 0.429. The highest BCUT2D eigenvalue weighted by molar-refractivity contribution is 7.88. The van der Waals surface area contributed by atoms with Crippen LogP contribution >= 0.6 is 0 Å². The third-order valence-corrected chi connectivity index (χ3v) is 7.42. The maximum absolute atomic E-state index is 11.8. The van der Waals surface area contributed by atoms with Crippen molar-refractivity contribution in [2.45, 2.75) is 24.8 Å². The minimum Gasteiger partial charge on any atom is -0.350 e. The molecule has 0 saturated carbocycles. The Kier molecular flexibility index (Phi) is 5.39. The minimum atomic E-state index is -3.13. The first kappa shape index (κ1) is 20.4. The van der Waals surface area contributed by atoms with Gasteiger partial charge >= 0.3 is 0 Å². The second kappa shape index (κ2) is 8.19. The summed E-state index contributed by atoms with van der Waals surface area (Å²) in [6.45, 7) is 2.78. The molecule has 9 nitrogen and oxygen atoms in total. The Bertz CT molecular complexity index is 1170. The summed E-state index contributed by atoms with van der Waals surface area (Å²) in [4.78, 5) is 4.85. The lowest BCUT2D eigenvalue weighted by molar-refractivity contribution is 0.331. The third kappa shape index (κ3) is 4.16. The van der Waals surface area contributed by atoms with E-state index < -0.39 is 10.0 Å². The van der Waals surface area contributed by atoms with E-state index >= 15 is 0 Å². The lowest BCUT2D eigenvalue weighted by Gasteiger charge is -2.30. The van der Waals surface area contributed by atoms with Crippen molar-refractivity contribution in [1.82, 2.24) is 29.8 Å². The highest BCUT2D eigenvalue weighted by Gasteiger charge is 2.27. The Balaban J connectivity index is 1.46. The van der Waals surface area contributed by atoms with E-state index in [0.29, 0.717) is 25.0 Å². The predicted octanol–water partition coefficient (Wildman–Crippen LogP) is 1.42. The number of fused-ring (bicyclic) bond motifs is 1. The normalized spacial score (nSPS) is 19.3. The average Bonchev–Trinajstić information content (AvgIpc) is 3.43. The lowest BCUT2D eigenvalue weighted by atomic mass is 9.92. The largest absolute Gasteiger partial charge is 0.350 e. The van der Waals surface area contributed by atoms with Gasteiger partial charge in [-0.15, -0.1) is 5.10 Å². The van der Waals surface area contributed by atoms with Crippen molar-refractivity contribution >= 4 is 21.6 Å². The number of pyridine rings is 1. The molecule has 164 valence electrons. The second-order valence-corrected chi connectivity index (χ2v) is 10.2. The molecule has 1 aromatic carbocycles. The lowest BCUT2D eigenvalue weighted by Crippen LogP contribution is -2.41. The number of sulfonamides is 1. The van der Waals surface area contributed by atoms with E-state index in [1.165, 1.54) is 16.1 Å². The molecule has 2 aliphatic rings. The van der Waals surface area contributed by atoms with Crippen LogP contribution in [0.4, 0.5) is 5.95 Å². The molecule has 10 heteroatoms. The van der Waals surface area contributed by atoms with E-state index in [2.05, 4.69) is 39.5 Å². The molecule has 0 atom stereocenters. The van der Waals surface area contributed by atoms with Crippen molar-refractivity contribution in [2.75, 3.05) is 37.8 Å². The van der Waals surface area contributed by atoms with E-state index in [1.54, 1.807) is 0 Å². The summed E-state index contributed by atoms with van der Waals surface area (Å²) in [6.07, 6.45) is 4.71. The minimum absolute atomic E-state index is 0.151. The predicted molar refractivity (Wildman–Crippen MR) is 120 cm³/mol. The number of hydrogen-bond acceptors (Lipinski definition) is 7. The zero-order valence-electron chi connectivity index (χ0n) is 17.5. The Labute approximate surface area is 181 Å². The van der Waals surface area contributed by atoms with Crippen LogP contribution in [-0.4, -0.2) is 65.8 Å². The molecule has 2 aromatic heterocycles. The van der Waals surface area contributed by atoms with E-state index in [1.807, 2.05) is 28.9 Å². The van der Waals surface area contributed by atoms with Crippen LogP contribution in [-0.2, 0) is 10.0 Å². The zero-order valence-corrected chi connectivity index (χ0v) is 18.3. The molecular weight excluding hydrogens is 414 g/mol. The zero-order chi connectivity index (χ0) is 21.4. The molecule has 2 fully saturated rings. The van der Waals surface area contributed by atoms with Crippen LogP contribution in [0.25, 0.3) is 16.8 Å². The fourth-order valence-corrected chi connectivity index (χ4v) is 5.33. The second-order valence-electron chi connectivity index (χ2n) is 8.26. The molecule has 5 rings (SSSR count). The van der Waals surface area contributed by atoms with Gasteiger partial charge < -0.3 is 5.32 Å². The van der Waals surface area contributed by atoms with Crippen LogP contribution in [0.3, 0.4) is 0 Å². The van der Waals surface area contributed by atoms with Crippen molar-refractivity contribution < 1.29 is 8.42 Å². The molecule has 0 radical (unpaired) electrons.